The molecule has 1 aliphatic heterocycles. The first-order valence-corrected chi connectivity index (χ1v) is 10.0. The van der Waals surface area contributed by atoms with E-state index in [4.69, 9.17) is 26.3 Å². The number of aliphatic imine (C=N–C) groups is 1. The van der Waals surface area contributed by atoms with Gasteiger partial charge in [-0.05, 0) is 67.1 Å². The Kier molecular flexibility index (Phi) is 6.81. The van der Waals surface area contributed by atoms with Crippen molar-refractivity contribution < 1.29 is 14.3 Å². The number of rotatable bonds is 6. The van der Waals surface area contributed by atoms with Gasteiger partial charge in [-0.15, -0.1) is 0 Å². The SMILES string of the molecule is CCOc1cc(/C=C2/SC(=Nc3ccc(C)c(Cl)c3)NC2=O)ccc1OCC#N. The average molecular weight is 428 g/mol. The molecule has 0 spiro atoms. The average Bonchev–Trinajstić information content (AvgIpc) is 3.03. The number of amidine groups is 1. The Hall–Kier alpha value is -2.95. The van der Waals surface area contributed by atoms with Gasteiger partial charge in [0.25, 0.3) is 5.91 Å². The van der Waals surface area contributed by atoms with E-state index in [0.29, 0.717) is 38.9 Å². The third-order valence-corrected chi connectivity index (χ3v) is 5.21. The second-order valence-corrected chi connectivity index (χ2v) is 7.44. The van der Waals surface area contributed by atoms with Gasteiger partial charge in [-0.1, -0.05) is 23.7 Å². The van der Waals surface area contributed by atoms with Crippen molar-refractivity contribution in [3.8, 4) is 17.6 Å². The fourth-order valence-electron chi connectivity index (χ4n) is 2.51. The molecule has 1 fully saturated rings. The van der Waals surface area contributed by atoms with Crippen LogP contribution in [-0.2, 0) is 4.79 Å². The van der Waals surface area contributed by atoms with Gasteiger partial charge < -0.3 is 14.8 Å². The van der Waals surface area contributed by atoms with Crippen LogP contribution in [0, 0.1) is 18.3 Å². The zero-order valence-electron chi connectivity index (χ0n) is 15.9. The highest BCUT2D eigenvalue weighted by atomic mass is 35.5. The lowest BCUT2D eigenvalue weighted by Crippen LogP contribution is -2.19. The first-order valence-electron chi connectivity index (χ1n) is 8.82. The molecule has 0 saturated carbocycles. The van der Waals surface area contributed by atoms with Crippen molar-refractivity contribution >= 4 is 46.2 Å². The third-order valence-electron chi connectivity index (χ3n) is 3.89. The van der Waals surface area contributed by atoms with Crippen LogP contribution in [-0.4, -0.2) is 24.3 Å². The molecule has 1 aliphatic rings. The zero-order chi connectivity index (χ0) is 20.8. The number of thioether (sulfide) groups is 1. The molecule has 1 saturated heterocycles. The van der Waals surface area contributed by atoms with E-state index in [1.807, 2.05) is 32.0 Å². The number of hydrogen-bond acceptors (Lipinski definition) is 6. The number of ether oxygens (including phenoxy) is 2. The summed E-state index contributed by atoms with van der Waals surface area (Å²) in [6.45, 7) is 4.16. The first-order chi connectivity index (χ1) is 14.0. The summed E-state index contributed by atoms with van der Waals surface area (Å²) in [6, 6.07) is 12.7. The third kappa shape index (κ3) is 5.31. The minimum atomic E-state index is -0.227. The van der Waals surface area contributed by atoms with E-state index in [-0.39, 0.29) is 12.5 Å². The van der Waals surface area contributed by atoms with Crippen LogP contribution < -0.4 is 14.8 Å². The van der Waals surface area contributed by atoms with Gasteiger partial charge in [-0.25, -0.2) is 4.99 Å². The van der Waals surface area contributed by atoms with Gasteiger partial charge in [0.2, 0.25) is 0 Å². The maximum absolute atomic E-state index is 12.3. The molecule has 0 unspecified atom stereocenters. The van der Waals surface area contributed by atoms with Gasteiger partial charge in [0.05, 0.1) is 17.2 Å². The number of nitrogens with zero attached hydrogens (tertiary/aromatic N) is 2. The van der Waals surface area contributed by atoms with E-state index < -0.39 is 0 Å². The number of nitrogens with one attached hydrogen (secondary N) is 1. The van der Waals surface area contributed by atoms with Crippen LogP contribution in [0.25, 0.3) is 6.08 Å². The molecule has 1 N–H and O–H groups in total. The van der Waals surface area contributed by atoms with E-state index in [9.17, 15) is 4.79 Å². The zero-order valence-corrected chi connectivity index (χ0v) is 17.4. The van der Waals surface area contributed by atoms with Gasteiger partial charge in [0.15, 0.2) is 23.3 Å². The molecule has 0 aromatic heterocycles. The Morgan fingerprint density at radius 3 is 2.79 bits per heavy atom. The van der Waals surface area contributed by atoms with Crippen molar-refractivity contribution in [2.45, 2.75) is 13.8 Å². The summed E-state index contributed by atoms with van der Waals surface area (Å²) in [4.78, 5) is 17.3. The molecule has 8 heteroatoms. The smallest absolute Gasteiger partial charge is 0.264 e. The predicted octanol–water partition coefficient (Wildman–Crippen LogP) is 4.84. The standard InChI is InChI=1S/C21H18ClN3O3S/c1-3-27-18-10-14(5-7-17(18)28-9-8-23)11-19-20(26)25-21(29-19)24-15-6-4-13(2)16(22)12-15/h4-7,10-12H,3,9H2,1-2H3,(H,24,25,26)/b19-11+. The number of carbonyl (C=O) groups is 1. The van der Waals surface area contributed by atoms with Gasteiger partial charge in [0.1, 0.15) is 6.07 Å². The number of nitriles is 1. The van der Waals surface area contributed by atoms with Crippen LogP contribution in [0.4, 0.5) is 5.69 Å². The molecule has 0 bridgehead atoms. The number of aryl methyl sites for hydroxylation is 1. The summed E-state index contributed by atoms with van der Waals surface area (Å²) < 4.78 is 10.9. The second-order valence-electron chi connectivity index (χ2n) is 6.00. The Morgan fingerprint density at radius 1 is 1.24 bits per heavy atom. The number of halogens is 1. The van der Waals surface area contributed by atoms with Crippen LogP contribution in [0.5, 0.6) is 11.5 Å². The molecule has 2 aromatic carbocycles. The molecule has 2 aromatic rings. The number of hydrogen-bond donors (Lipinski definition) is 1. The van der Waals surface area contributed by atoms with Gasteiger partial charge in [-0.3, -0.25) is 4.79 Å². The molecule has 1 heterocycles. The van der Waals surface area contributed by atoms with E-state index in [0.717, 1.165) is 11.1 Å². The lowest BCUT2D eigenvalue weighted by molar-refractivity contribution is -0.115. The fourth-order valence-corrected chi connectivity index (χ4v) is 3.53. The minimum absolute atomic E-state index is 0.0678. The molecule has 6 nitrogen and oxygen atoms in total. The summed E-state index contributed by atoms with van der Waals surface area (Å²) in [7, 11) is 0. The molecule has 1 amide bonds. The number of carbonyl (C=O) groups excluding carboxylic acids is 1. The van der Waals surface area contributed by atoms with E-state index in [1.54, 1.807) is 30.3 Å². The summed E-state index contributed by atoms with van der Waals surface area (Å²) in [5.74, 6) is 0.774. The fraction of sp³-hybridized carbons (Fsp3) is 0.190. The number of amides is 1. The van der Waals surface area contributed by atoms with Crippen molar-refractivity contribution in [2.75, 3.05) is 13.2 Å². The maximum atomic E-state index is 12.3. The minimum Gasteiger partial charge on any atom is -0.490 e. The summed E-state index contributed by atoms with van der Waals surface area (Å²) >= 11 is 7.38. The summed E-state index contributed by atoms with van der Waals surface area (Å²) in [5.41, 5.74) is 2.41. The molecule has 3 rings (SSSR count). The molecular formula is C21H18ClN3O3S. The lowest BCUT2D eigenvalue weighted by atomic mass is 10.2. The van der Waals surface area contributed by atoms with Crippen LogP contribution >= 0.6 is 23.4 Å². The molecule has 29 heavy (non-hydrogen) atoms. The van der Waals surface area contributed by atoms with Crippen molar-refractivity contribution in [3.63, 3.8) is 0 Å². The van der Waals surface area contributed by atoms with Gasteiger partial charge in [0, 0.05) is 5.02 Å². The predicted molar refractivity (Wildman–Crippen MR) is 116 cm³/mol. The number of benzene rings is 2. The Bertz CT molecular complexity index is 1040. The monoisotopic (exact) mass is 427 g/mol. The van der Waals surface area contributed by atoms with Crippen molar-refractivity contribution in [1.29, 1.82) is 5.26 Å². The van der Waals surface area contributed by atoms with Gasteiger partial charge >= 0.3 is 0 Å². The van der Waals surface area contributed by atoms with Crippen LogP contribution in [0.1, 0.15) is 18.1 Å². The van der Waals surface area contributed by atoms with Gasteiger partial charge in [-0.2, -0.15) is 5.26 Å². The highest BCUT2D eigenvalue weighted by Gasteiger charge is 2.24. The molecule has 0 aliphatic carbocycles. The largest absolute Gasteiger partial charge is 0.490 e. The van der Waals surface area contributed by atoms with Crippen LogP contribution in [0.15, 0.2) is 46.3 Å². The van der Waals surface area contributed by atoms with Crippen LogP contribution in [0.3, 0.4) is 0 Å². The quantitative estimate of drug-likeness (QED) is 0.667. The summed E-state index contributed by atoms with van der Waals surface area (Å²) in [6.07, 6.45) is 1.75. The van der Waals surface area contributed by atoms with Crippen molar-refractivity contribution in [1.82, 2.24) is 5.32 Å². The topological polar surface area (TPSA) is 83.7 Å². The lowest BCUT2D eigenvalue weighted by Gasteiger charge is -2.10. The van der Waals surface area contributed by atoms with E-state index >= 15 is 0 Å². The van der Waals surface area contributed by atoms with Crippen LogP contribution in [0.2, 0.25) is 5.02 Å². The molecule has 148 valence electrons. The van der Waals surface area contributed by atoms with Crippen molar-refractivity contribution in [2.24, 2.45) is 4.99 Å². The molecular weight excluding hydrogens is 410 g/mol. The maximum Gasteiger partial charge on any atom is 0.264 e. The Morgan fingerprint density at radius 2 is 2.07 bits per heavy atom. The molecule has 0 radical (unpaired) electrons. The van der Waals surface area contributed by atoms with E-state index in [2.05, 4.69) is 10.3 Å². The second kappa shape index (κ2) is 9.50. The Labute approximate surface area is 178 Å². The van der Waals surface area contributed by atoms with Crippen molar-refractivity contribution in [3.05, 3.63) is 57.5 Å². The summed E-state index contributed by atoms with van der Waals surface area (Å²) in [5, 5.41) is 12.6. The highest BCUT2D eigenvalue weighted by molar-refractivity contribution is 8.18. The molecule has 0 atom stereocenters. The normalized spacial score (nSPS) is 16.0. The Balaban J connectivity index is 1.82. The highest BCUT2D eigenvalue weighted by Crippen LogP contribution is 2.33. The first kappa shape index (κ1) is 20.8. The van der Waals surface area contributed by atoms with E-state index in [1.165, 1.54) is 11.8 Å².